The topological polar surface area (TPSA) is 0 Å². The van der Waals surface area contributed by atoms with Gasteiger partial charge in [-0.25, -0.2) is 0 Å². The van der Waals surface area contributed by atoms with Crippen LogP contribution in [0.5, 0.6) is 0 Å². The van der Waals surface area contributed by atoms with Crippen LogP contribution in [0.4, 0.5) is 0 Å². The molecule has 0 aromatic heterocycles. The SMILES string of the molecule is C=C1[C](C)[C](C)[C](C)C1=C.C[C]1[C](C)[C]2CC(C(C)(C)C)/C=C\C(C(C)(C)C)C[C]2[C]1C.[Ti+2]. The Hall–Kier alpha value is -0.0657. The molecule has 2 saturated carbocycles. The van der Waals surface area contributed by atoms with Crippen LogP contribution in [0.15, 0.2) is 36.5 Å². The van der Waals surface area contributed by atoms with Crippen molar-refractivity contribution < 1.29 is 21.7 Å². The van der Waals surface area contributed by atoms with Gasteiger partial charge in [-0.05, 0) is 82.2 Å². The Kier molecular flexibility index (Phi) is 10.6. The van der Waals surface area contributed by atoms with Gasteiger partial charge < -0.3 is 0 Å². The van der Waals surface area contributed by atoms with Crippen LogP contribution in [0.2, 0.25) is 0 Å². The van der Waals surface area contributed by atoms with E-state index in [0.717, 1.165) is 11.1 Å². The van der Waals surface area contributed by atoms with Crippen LogP contribution in [0.1, 0.15) is 95.9 Å². The monoisotopic (exact) mass is 480 g/mol. The predicted molar refractivity (Wildman–Crippen MR) is 143 cm³/mol. The van der Waals surface area contributed by atoms with Crippen LogP contribution in [-0.2, 0) is 21.7 Å². The average Bonchev–Trinajstić information content (AvgIpc) is 2.95. The van der Waals surface area contributed by atoms with Gasteiger partial charge in [-0.2, -0.15) is 0 Å². The van der Waals surface area contributed by atoms with Gasteiger partial charge in [0.25, 0.3) is 0 Å². The molecule has 3 rings (SSSR count). The maximum atomic E-state index is 3.94. The average molecular weight is 481 g/mol. The summed E-state index contributed by atoms with van der Waals surface area (Å²) in [5.74, 6) is 13.1. The summed E-state index contributed by atoms with van der Waals surface area (Å²) in [6.07, 6.45) is 7.45. The van der Waals surface area contributed by atoms with E-state index in [0.29, 0.717) is 22.7 Å². The summed E-state index contributed by atoms with van der Waals surface area (Å²) in [6.45, 7) is 35.5. The Bertz CT molecular complexity index is 641. The maximum Gasteiger partial charge on any atom is 2.00 e. The Morgan fingerprint density at radius 3 is 1.03 bits per heavy atom. The summed E-state index contributed by atoms with van der Waals surface area (Å²) < 4.78 is 0. The van der Waals surface area contributed by atoms with Crippen molar-refractivity contribution in [1.29, 1.82) is 0 Å². The second kappa shape index (κ2) is 11.3. The number of allylic oxidation sites excluding steroid dienone is 4. The molecule has 0 amide bonds. The third-order valence-electron chi connectivity index (χ3n) is 8.44. The minimum absolute atomic E-state index is 0. The van der Waals surface area contributed by atoms with E-state index in [1.54, 1.807) is 23.7 Å². The van der Waals surface area contributed by atoms with E-state index < -0.39 is 0 Å². The van der Waals surface area contributed by atoms with Gasteiger partial charge in [0.2, 0.25) is 0 Å². The molecule has 2 fully saturated rings. The van der Waals surface area contributed by atoms with Gasteiger partial charge in [0.05, 0.1) is 0 Å². The van der Waals surface area contributed by atoms with Gasteiger partial charge in [0.15, 0.2) is 0 Å². The number of rotatable bonds is 0. The number of fused-ring (bicyclic) bond motifs is 1. The molecule has 0 spiro atoms. The Labute approximate surface area is 223 Å². The molecule has 2 atom stereocenters. The van der Waals surface area contributed by atoms with Gasteiger partial charge in [0.1, 0.15) is 0 Å². The molecule has 3 aliphatic rings. The molecule has 3 aliphatic carbocycles. The fraction of sp³-hybridized carbons (Fsp3) is 0.562. The van der Waals surface area contributed by atoms with E-state index in [1.807, 2.05) is 0 Å². The second-order valence-corrected chi connectivity index (χ2v) is 12.4. The van der Waals surface area contributed by atoms with E-state index in [-0.39, 0.29) is 21.7 Å². The molecule has 0 aromatic carbocycles. The Morgan fingerprint density at radius 2 is 0.818 bits per heavy atom. The van der Waals surface area contributed by atoms with Gasteiger partial charge >= 0.3 is 21.7 Å². The van der Waals surface area contributed by atoms with Gasteiger partial charge in [-0.3, -0.25) is 0 Å². The second-order valence-electron chi connectivity index (χ2n) is 12.4. The van der Waals surface area contributed by atoms with Gasteiger partial charge in [-0.15, -0.1) is 0 Å². The summed E-state index contributed by atoms with van der Waals surface area (Å²) in [5.41, 5.74) is 2.85. The molecule has 178 valence electrons. The zero-order valence-corrected chi connectivity index (χ0v) is 25.2. The summed E-state index contributed by atoms with van der Waals surface area (Å²) >= 11 is 0. The number of hydrogen-bond acceptors (Lipinski definition) is 0. The minimum atomic E-state index is 0. The van der Waals surface area contributed by atoms with Crippen molar-refractivity contribution >= 4 is 0 Å². The van der Waals surface area contributed by atoms with Gasteiger partial charge in [-0.1, -0.05) is 108 Å². The third kappa shape index (κ3) is 6.79. The first-order valence-electron chi connectivity index (χ1n) is 12.3. The molecular formula is C32H48Ti+2. The smallest absolute Gasteiger partial charge is 0.0949 e. The first-order valence-corrected chi connectivity index (χ1v) is 12.3. The fourth-order valence-corrected chi connectivity index (χ4v) is 4.96. The van der Waals surface area contributed by atoms with Crippen LogP contribution in [0.3, 0.4) is 0 Å². The molecule has 0 N–H and O–H groups in total. The van der Waals surface area contributed by atoms with Crippen molar-refractivity contribution in [1.82, 2.24) is 0 Å². The summed E-state index contributed by atoms with van der Waals surface area (Å²) in [6, 6.07) is 0. The largest absolute Gasteiger partial charge is 2.00 e. The molecule has 0 nitrogen and oxygen atoms in total. The van der Waals surface area contributed by atoms with Crippen LogP contribution >= 0.6 is 0 Å². The molecule has 0 heterocycles. The summed E-state index contributed by atoms with van der Waals surface area (Å²) in [4.78, 5) is 0. The predicted octanol–water partition coefficient (Wildman–Crippen LogP) is 9.50. The van der Waals surface area contributed by atoms with E-state index >= 15 is 0 Å². The molecule has 0 saturated heterocycles. The third-order valence-corrected chi connectivity index (χ3v) is 8.44. The van der Waals surface area contributed by atoms with Crippen LogP contribution in [0, 0.1) is 70.0 Å². The molecule has 1 heteroatoms. The Balaban J connectivity index is 0.000000417. The molecule has 8 radical (unpaired) electrons. The first kappa shape index (κ1) is 31.0. The summed E-state index contributed by atoms with van der Waals surface area (Å²) in [5, 5.41) is 0. The quantitative estimate of drug-likeness (QED) is 0.239. The van der Waals surface area contributed by atoms with Gasteiger partial charge in [0, 0.05) is 11.8 Å². The molecule has 0 bridgehead atoms. The van der Waals surface area contributed by atoms with E-state index in [9.17, 15) is 0 Å². The number of hydrogen-bond donors (Lipinski definition) is 0. The fourth-order valence-electron chi connectivity index (χ4n) is 4.96. The van der Waals surface area contributed by atoms with Crippen molar-refractivity contribution in [3.8, 4) is 0 Å². The zero-order valence-electron chi connectivity index (χ0n) is 23.6. The normalized spacial score (nSPS) is 29.3. The van der Waals surface area contributed by atoms with Crippen LogP contribution in [-0.4, -0.2) is 0 Å². The summed E-state index contributed by atoms with van der Waals surface area (Å²) in [7, 11) is 0. The van der Waals surface area contributed by atoms with E-state index in [2.05, 4.69) is 108 Å². The van der Waals surface area contributed by atoms with E-state index in [1.165, 1.54) is 36.5 Å². The van der Waals surface area contributed by atoms with Crippen molar-refractivity contribution in [3.63, 3.8) is 0 Å². The molecule has 0 aromatic rings. The van der Waals surface area contributed by atoms with Crippen molar-refractivity contribution in [2.45, 2.75) is 95.9 Å². The minimum Gasteiger partial charge on any atom is -0.0949 e. The first-order chi connectivity index (χ1) is 14.5. The molecule has 2 unspecified atom stereocenters. The standard InChI is InChI=1S/C22H35.C10H13.Ti/c1-14-15(2)19-12-17(21(4,5)6)10-11-18(22(7,8)9)13-20(19)16(14)3;1-6-7(2)9(4)10(5)8(6)3;/h10-11,17-18H,12-13H2,1-9H3;1-2H2,3-5H3;/q;;+2/b11-10-;;. The molecule has 33 heavy (non-hydrogen) atoms. The van der Waals surface area contributed by atoms with E-state index in [4.69, 9.17) is 0 Å². The van der Waals surface area contributed by atoms with Crippen LogP contribution in [0.25, 0.3) is 0 Å². The zero-order chi connectivity index (χ0) is 24.8. The van der Waals surface area contributed by atoms with Crippen molar-refractivity contribution in [3.05, 3.63) is 83.8 Å². The maximum absolute atomic E-state index is 3.94. The Morgan fingerprint density at radius 1 is 0.545 bits per heavy atom. The molecular weight excluding hydrogens is 432 g/mol. The van der Waals surface area contributed by atoms with Crippen LogP contribution < -0.4 is 0 Å². The van der Waals surface area contributed by atoms with Crippen molar-refractivity contribution in [2.24, 2.45) is 22.7 Å². The van der Waals surface area contributed by atoms with Crippen molar-refractivity contribution in [2.75, 3.05) is 0 Å². The molecule has 0 aliphatic heterocycles.